The number of amides is 2. The van der Waals surface area contributed by atoms with Gasteiger partial charge < -0.3 is 24.0 Å². The summed E-state index contributed by atoms with van der Waals surface area (Å²) in [5, 5.41) is 0. The van der Waals surface area contributed by atoms with Gasteiger partial charge in [0.25, 0.3) is 0 Å². The third kappa shape index (κ3) is 7.74. The molecule has 32 heavy (non-hydrogen) atoms. The van der Waals surface area contributed by atoms with Crippen molar-refractivity contribution >= 4 is 11.8 Å². The summed E-state index contributed by atoms with van der Waals surface area (Å²) in [4.78, 5) is 34.4. The zero-order valence-corrected chi connectivity index (χ0v) is 20.7. The van der Waals surface area contributed by atoms with Gasteiger partial charge in [-0.2, -0.15) is 0 Å². The average Bonchev–Trinajstić information content (AvgIpc) is 2.71. The summed E-state index contributed by atoms with van der Waals surface area (Å²) in [7, 11) is 1.60. The van der Waals surface area contributed by atoms with Gasteiger partial charge in [-0.25, -0.2) is 0 Å². The first-order chi connectivity index (χ1) is 14.9. The lowest BCUT2D eigenvalue weighted by Gasteiger charge is -2.30. The van der Waals surface area contributed by atoms with Gasteiger partial charge in [0, 0.05) is 36.1 Å². The Hall–Kier alpha value is -2.19. The van der Waals surface area contributed by atoms with Gasteiger partial charge in [0.05, 0.1) is 58.0 Å². The molecule has 1 aliphatic rings. The first-order valence-electron chi connectivity index (χ1n) is 11.2. The molecule has 180 valence electrons. The van der Waals surface area contributed by atoms with E-state index in [-0.39, 0.29) is 11.8 Å². The Kier molecular flexibility index (Phi) is 9.04. The normalized spacial score (nSPS) is 17.3. The van der Waals surface area contributed by atoms with Crippen LogP contribution >= 0.6 is 0 Å². The molecular formula is C24H39N3O5. The summed E-state index contributed by atoms with van der Waals surface area (Å²) < 4.78 is 16.9. The van der Waals surface area contributed by atoms with E-state index in [1.807, 2.05) is 53.7 Å². The van der Waals surface area contributed by atoms with Crippen LogP contribution in [0.25, 0.3) is 0 Å². The van der Waals surface area contributed by atoms with Gasteiger partial charge in [-0.15, -0.1) is 0 Å². The number of pyridine rings is 1. The maximum absolute atomic E-state index is 13.0. The molecule has 0 aliphatic carbocycles. The molecule has 0 unspecified atom stereocenters. The first-order valence-corrected chi connectivity index (χ1v) is 11.2. The van der Waals surface area contributed by atoms with Crippen LogP contribution in [0.1, 0.15) is 52.9 Å². The van der Waals surface area contributed by atoms with Gasteiger partial charge in [0.1, 0.15) is 5.75 Å². The molecule has 0 spiro atoms. The smallest absolute Gasteiger partial charge is 0.228 e. The minimum Gasteiger partial charge on any atom is -0.497 e. The van der Waals surface area contributed by atoms with Gasteiger partial charge in [-0.05, 0) is 0 Å². The summed E-state index contributed by atoms with van der Waals surface area (Å²) in [6, 6.07) is 3.68. The first kappa shape index (κ1) is 26.1. The number of nitrogens with zero attached hydrogens (tertiary/aromatic N) is 3. The Morgan fingerprint density at radius 2 is 1.22 bits per heavy atom. The van der Waals surface area contributed by atoms with Crippen molar-refractivity contribution in [3.63, 3.8) is 0 Å². The molecule has 0 saturated heterocycles. The molecule has 0 N–H and O–H groups in total. The summed E-state index contributed by atoms with van der Waals surface area (Å²) in [5.74, 6) is 0.697. The summed E-state index contributed by atoms with van der Waals surface area (Å²) >= 11 is 0. The maximum atomic E-state index is 13.0. The lowest BCUT2D eigenvalue weighted by Crippen LogP contribution is -2.41. The third-order valence-corrected chi connectivity index (χ3v) is 5.09. The molecule has 0 fully saturated rings. The number of hydrogen-bond acceptors (Lipinski definition) is 6. The van der Waals surface area contributed by atoms with Gasteiger partial charge in [0.15, 0.2) is 0 Å². The molecule has 2 heterocycles. The van der Waals surface area contributed by atoms with E-state index in [1.54, 1.807) is 16.9 Å². The fourth-order valence-corrected chi connectivity index (χ4v) is 3.41. The van der Waals surface area contributed by atoms with Crippen LogP contribution in [-0.4, -0.2) is 73.2 Å². The highest BCUT2D eigenvalue weighted by Crippen LogP contribution is 2.23. The number of hydrogen-bond donors (Lipinski definition) is 0. The minimum atomic E-state index is -0.524. The molecule has 2 amide bonds. The molecule has 0 aromatic carbocycles. The molecule has 0 atom stereocenters. The van der Waals surface area contributed by atoms with Crippen molar-refractivity contribution in [2.75, 3.05) is 46.6 Å². The third-order valence-electron chi connectivity index (χ3n) is 5.09. The molecule has 8 nitrogen and oxygen atoms in total. The Bertz CT molecular complexity index is 723. The average molecular weight is 450 g/mol. The zero-order valence-electron chi connectivity index (χ0n) is 20.7. The van der Waals surface area contributed by atoms with Crippen molar-refractivity contribution in [3.05, 3.63) is 23.5 Å². The highest BCUT2D eigenvalue weighted by atomic mass is 16.5. The Morgan fingerprint density at radius 1 is 0.812 bits per heavy atom. The summed E-state index contributed by atoms with van der Waals surface area (Å²) in [6.07, 6.45) is 0. The van der Waals surface area contributed by atoms with Crippen LogP contribution in [0, 0.1) is 10.8 Å². The van der Waals surface area contributed by atoms with Crippen LogP contribution in [0.2, 0.25) is 0 Å². The molecular weight excluding hydrogens is 410 g/mol. The van der Waals surface area contributed by atoms with E-state index in [1.165, 1.54) is 0 Å². The van der Waals surface area contributed by atoms with Crippen molar-refractivity contribution in [3.8, 4) is 5.75 Å². The maximum Gasteiger partial charge on any atom is 0.228 e. The second kappa shape index (κ2) is 11.1. The Labute approximate surface area is 192 Å². The molecule has 1 aromatic rings. The largest absolute Gasteiger partial charge is 0.497 e. The van der Waals surface area contributed by atoms with Crippen LogP contribution in [0.3, 0.4) is 0 Å². The van der Waals surface area contributed by atoms with E-state index in [2.05, 4.69) is 0 Å². The van der Waals surface area contributed by atoms with E-state index in [0.29, 0.717) is 69.7 Å². The van der Waals surface area contributed by atoms with E-state index in [4.69, 9.17) is 19.2 Å². The van der Waals surface area contributed by atoms with Crippen LogP contribution in [0.5, 0.6) is 5.75 Å². The fraction of sp³-hybridized carbons (Fsp3) is 0.708. The predicted molar refractivity (Wildman–Crippen MR) is 122 cm³/mol. The molecule has 1 aliphatic heterocycles. The van der Waals surface area contributed by atoms with Crippen LogP contribution in [-0.2, 0) is 32.2 Å². The molecule has 0 radical (unpaired) electrons. The van der Waals surface area contributed by atoms with Crippen molar-refractivity contribution < 1.29 is 23.8 Å². The topological polar surface area (TPSA) is 81.2 Å². The summed E-state index contributed by atoms with van der Waals surface area (Å²) in [6.45, 7) is 14.7. The van der Waals surface area contributed by atoms with Crippen molar-refractivity contribution in [1.82, 2.24) is 14.8 Å². The van der Waals surface area contributed by atoms with Gasteiger partial charge in [-0.1, -0.05) is 41.5 Å². The van der Waals surface area contributed by atoms with E-state index >= 15 is 0 Å². The Balaban J connectivity index is 2.40. The second-order valence-corrected chi connectivity index (χ2v) is 10.2. The number of methoxy groups -OCH3 is 1. The quantitative estimate of drug-likeness (QED) is 0.656. The molecule has 8 heteroatoms. The van der Waals surface area contributed by atoms with Gasteiger partial charge in [-0.3, -0.25) is 14.6 Å². The molecule has 2 rings (SSSR count). The number of fused-ring (bicyclic) bond motifs is 2. The van der Waals surface area contributed by atoms with Crippen LogP contribution in [0.15, 0.2) is 12.1 Å². The lowest BCUT2D eigenvalue weighted by molar-refractivity contribution is -0.141. The fourth-order valence-electron chi connectivity index (χ4n) is 3.41. The van der Waals surface area contributed by atoms with Crippen molar-refractivity contribution in [2.45, 2.75) is 54.6 Å². The highest BCUT2D eigenvalue weighted by molar-refractivity contribution is 5.82. The monoisotopic (exact) mass is 449 g/mol. The molecule has 0 saturated carbocycles. The van der Waals surface area contributed by atoms with E-state index in [0.717, 1.165) is 0 Å². The number of carbonyl (C=O) groups excluding carboxylic acids is 2. The number of rotatable bonds is 1. The minimum absolute atomic E-state index is 0.0253. The van der Waals surface area contributed by atoms with Crippen LogP contribution in [0.4, 0.5) is 0 Å². The standard InChI is InChI=1S/C24H39N3O5/c1-23(2,3)21(28)26-8-10-31-12-13-32-11-9-27(22(29)24(4,5)6)17-19-15-20(30-7)14-18(16-26)25-19/h14-15H,8-13,16-17H2,1-7H3. The van der Waals surface area contributed by atoms with Crippen LogP contribution < -0.4 is 4.74 Å². The zero-order chi connectivity index (χ0) is 23.9. The van der Waals surface area contributed by atoms with Crippen molar-refractivity contribution in [2.24, 2.45) is 10.8 Å². The van der Waals surface area contributed by atoms with Gasteiger partial charge >= 0.3 is 0 Å². The predicted octanol–water partition coefficient (Wildman–Crippen LogP) is 2.89. The lowest BCUT2D eigenvalue weighted by atomic mass is 9.94. The van der Waals surface area contributed by atoms with Crippen molar-refractivity contribution in [1.29, 1.82) is 0 Å². The molecule has 2 bridgehead atoms. The second-order valence-electron chi connectivity index (χ2n) is 10.2. The van der Waals surface area contributed by atoms with Gasteiger partial charge in [0.2, 0.25) is 11.8 Å². The Morgan fingerprint density at radius 3 is 1.56 bits per heavy atom. The number of aromatic nitrogens is 1. The molecule has 1 aromatic heterocycles. The highest BCUT2D eigenvalue weighted by Gasteiger charge is 2.29. The SMILES string of the molecule is COc1cc2nc(c1)CN(C(=O)C(C)(C)C)CCOCCOCCN(C(=O)C(C)(C)C)C2. The number of ether oxygens (including phenoxy) is 3. The summed E-state index contributed by atoms with van der Waals surface area (Å²) in [5.41, 5.74) is 0.380. The van der Waals surface area contributed by atoms with E-state index < -0.39 is 10.8 Å². The number of carbonyl (C=O) groups is 2. The van der Waals surface area contributed by atoms with E-state index in [9.17, 15) is 9.59 Å².